The molecule has 0 saturated heterocycles. The first-order chi connectivity index (χ1) is 13.7. The second-order valence-electron chi connectivity index (χ2n) is 7.22. The molecule has 0 aromatic heterocycles. The van der Waals surface area contributed by atoms with Gasteiger partial charge in [0.1, 0.15) is 6.04 Å². The summed E-state index contributed by atoms with van der Waals surface area (Å²) in [7, 11) is 0. The molecule has 1 aliphatic rings. The molecule has 0 radical (unpaired) electrons. The first kappa shape index (κ1) is 18.2. The SMILES string of the molecule is CCCCN1C(=O)C(NC(=O)c2ccccc2)Cc2c1ccc1ccccc21. The van der Waals surface area contributed by atoms with Gasteiger partial charge >= 0.3 is 0 Å². The van der Waals surface area contributed by atoms with Crippen molar-refractivity contribution in [1.82, 2.24) is 5.32 Å². The lowest BCUT2D eigenvalue weighted by molar-refractivity contribution is -0.120. The van der Waals surface area contributed by atoms with E-state index >= 15 is 0 Å². The van der Waals surface area contributed by atoms with Crippen LogP contribution in [0.15, 0.2) is 66.7 Å². The number of hydrogen-bond donors (Lipinski definition) is 1. The fraction of sp³-hybridized carbons (Fsp3) is 0.250. The molecule has 0 fully saturated rings. The maximum absolute atomic E-state index is 13.2. The molecular weight excluding hydrogens is 348 g/mol. The molecule has 1 N–H and O–H groups in total. The minimum absolute atomic E-state index is 0.0273. The van der Waals surface area contributed by atoms with Crippen molar-refractivity contribution in [3.05, 3.63) is 77.9 Å². The van der Waals surface area contributed by atoms with Gasteiger partial charge in [0.25, 0.3) is 5.91 Å². The number of nitrogens with one attached hydrogen (secondary N) is 1. The van der Waals surface area contributed by atoms with Crippen molar-refractivity contribution in [3.63, 3.8) is 0 Å². The Kier molecular flexibility index (Phi) is 5.11. The van der Waals surface area contributed by atoms with Crippen molar-refractivity contribution in [3.8, 4) is 0 Å². The lowest BCUT2D eigenvalue weighted by atomic mass is 9.91. The van der Waals surface area contributed by atoms with Gasteiger partial charge in [-0.1, -0.05) is 61.9 Å². The van der Waals surface area contributed by atoms with E-state index in [2.05, 4.69) is 30.4 Å². The molecule has 4 rings (SSSR count). The first-order valence-corrected chi connectivity index (χ1v) is 9.87. The predicted octanol–water partition coefficient (Wildman–Crippen LogP) is 4.33. The summed E-state index contributed by atoms with van der Waals surface area (Å²) in [4.78, 5) is 27.7. The molecule has 3 aromatic rings. The van der Waals surface area contributed by atoms with Gasteiger partial charge in [-0.3, -0.25) is 9.59 Å². The van der Waals surface area contributed by atoms with E-state index in [-0.39, 0.29) is 11.8 Å². The third kappa shape index (κ3) is 3.38. The molecule has 142 valence electrons. The number of hydrogen-bond acceptors (Lipinski definition) is 2. The van der Waals surface area contributed by atoms with Crippen LogP contribution in [-0.2, 0) is 11.2 Å². The molecule has 0 bridgehead atoms. The van der Waals surface area contributed by atoms with Crippen LogP contribution in [0.3, 0.4) is 0 Å². The van der Waals surface area contributed by atoms with E-state index in [0.717, 1.165) is 34.9 Å². The van der Waals surface area contributed by atoms with Crippen LogP contribution in [0, 0.1) is 0 Å². The molecule has 4 heteroatoms. The van der Waals surface area contributed by atoms with Crippen LogP contribution in [-0.4, -0.2) is 24.4 Å². The van der Waals surface area contributed by atoms with Crippen LogP contribution >= 0.6 is 0 Å². The molecule has 28 heavy (non-hydrogen) atoms. The number of amides is 2. The van der Waals surface area contributed by atoms with E-state index in [4.69, 9.17) is 0 Å². The Labute approximate surface area is 165 Å². The zero-order valence-corrected chi connectivity index (χ0v) is 16.0. The molecule has 4 nitrogen and oxygen atoms in total. The van der Waals surface area contributed by atoms with Crippen molar-refractivity contribution < 1.29 is 9.59 Å². The molecule has 2 amide bonds. The molecule has 1 aliphatic heterocycles. The number of carbonyl (C=O) groups is 2. The highest BCUT2D eigenvalue weighted by Crippen LogP contribution is 2.34. The topological polar surface area (TPSA) is 49.4 Å². The number of rotatable bonds is 5. The molecule has 1 heterocycles. The van der Waals surface area contributed by atoms with Crippen molar-refractivity contribution in [1.29, 1.82) is 0 Å². The third-order valence-electron chi connectivity index (χ3n) is 5.36. The van der Waals surface area contributed by atoms with Gasteiger partial charge in [-0.05, 0) is 41.0 Å². The predicted molar refractivity (Wildman–Crippen MR) is 113 cm³/mol. The van der Waals surface area contributed by atoms with E-state index in [9.17, 15) is 9.59 Å². The van der Waals surface area contributed by atoms with Gasteiger partial charge in [0, 0.05) is 24.2 Å². The summed E-state index contributed by atoms with van der Waals surface area (Å²) >= 11 is 0. The first-order valence-electron chi connectivity index (χ1n) is 9.87. The molecular formula is C24H24N2O2. The smallest absolute Gasteiger partial charge is 0.251 e. The van der Waals surface area contributed by atoms with Crippen molar-refractivity contribution in [2.75, 3.05) is 11.4 Å². The van der Waals surface area contributed by atoms with Crippen LogP contribution in [0.4, 0.5) is 5.69 Å². The molecule has 0 spiro atoms. The Morgan fingerprint density at radius 1 is 1.04 bits per heavy atom. The van der Waals surface area contributed by atoms with Gasteiger partial charge in [0.05, 0.1) is 0 Å². The monoisotopic (exact) mass is 372 g/mol. The molecule has 1 atom stereocenters. The summed E-state index contributed by atoms with van der Waals surface area (Å²) in [6.07, 6.45) is 2.45. The van der Waals surface area contributed by atoms with Gasteiger partial charge in [-0.15, -0.1) is 0 Å². The summed E-state index contributed by atoms with van der Waals surface area (Å²) in [5.41, 5.74) is 2.67. The lowest BCUT2D eigenvalue weighted by Gasteiger charge is -2.35. The van der Waals surface area contributed by atoms with Crippen LogP contribution < -0.4 is 10.2 Å². The normalized spacial score (nSPS) is 16.1. The molecule has 0 aliphatic carbocycles. The fourth-order valence-electron chi connectivity index (χ4n) is 3.88. The Hall–Kier alpha value is -3.14. The standard InChI is InChI=1S/C24H24N2O2/c1-2-3-15-26-22-14-13-17-9-7-8-12-19(17)20(22)16-21(24(26)28)25-23(27)18-10-5-4-6-11-18/h4-14,21H,2-3,15-16H2,1H3,(H,25,27). The highest BCUT2D eigenvalue weighted by atomic mass is 16.2. The van der Waals surface area contributed by atoms with E-state index < -0.39 is 6.04 Å². The van der Waals surface area contributed by atoms with Crippen molar-refractivity contribution in [2.24, 2.45) is 0 Å². The van der Waals surface area contributed by atoms with Gasteiger partial charge in [0.15, 0.2) is 0 Å². The van der Waals surface area contributed by atoms with Gasteiger partial charge < -0.3 is 10.2 Å². The highest BCUT2D eigenvalue weighted by Gasteiger charge is 2.34. The average molecular weight is 372 g/mol. The summed E-state index contributed by atoms with van der Waals surface area (Å²) in [6.45, 7) is 2.78. The summed E-state index contributed by atoms with van der Waals surface area (Å²) < 4.78 is 0. The number of anilines is 1. The van der Waals surface area contributed by atoms with E-state index in [0.29, 0.717) is 18.5 Å². The number of nitrogens with zero attached hydrogens (tertiary/aromatic N) is 1. The van der Waals surface area contributed by atoms with Crippen molar-refractivity contribution >= 4 is 28.3 Å². The second kappa shape index (κ2) is 7.85. The third-order valence-corrected chi connectivity index (χ3v) is 5.36. The van der Waals surface area contributed by atoms with Crippen molar-refractivity contribution in [2.45, 2.75) is 32.2 Å². The summed E-state index contributed by atoms with van der Waals surface area (Å²) in [6, 6.07) is 20.8. The van der Waals surface area contributed by atoms with Crippen LogP contribution in [0.2, 0.25) is 0 Å². The largest absolute Gasteiger partial charge is 0.340 e. The average Bonchev–Trinajstić information content (AvgIpc) is 2.74. The highest BCUT2D eigenvalue weighted by molar-refractivity contribution is 6.07. The van der Waals surface area contributed by atoms with Crippen LogP contribution in [0.1, 0.15) is 35.7 Å². The minimum Gasteiger partial charge on any atom is -0.340 e. The Bertz CT molecular complexity index is 1010. The summed E-state index contributed by atoms with van der Waals surface area (Å²) in [5.74, 6) is -0.237. The van der Waals surface area contributed by atoms with E-state index in [1.165, 1.54) is 0 Å². The molecule has 3 aromatic carbocycles. The zero-order chi connectivity index (χ0) is 19.5. The maximum Gasteiger partial charge on any atom is 0.251 e. The number of benzene rings is 3. The second-order valence-corrected chi connectivity index (χ2v) is 7.22. The zero-order valence-electron chi connectivity index (χ0n) is 16.0. The van der Waals surface area contributed by atoms with Gasteiger partial charge in [-0.25, -0.2) is 0 Å². The molecule has 0 saturated carbocycles. The van der Waals surface area contributed by atoms with Crippen LogP contribution in [0.25, 0.3) is 10.8 Å². The maximum atomic E-state index is 13.2. The number of unbranched alkanes of at least 4 members (excludes halogenated alkanes) is 1. The van der Waals surface area contributed by atoms with Gasteiger partial charge in [-0.2, -0.15) is 0 Å². The lowest BCUT2D eigenvalue weighted by Crippen LogP contribution is -2.53. The Balaban J connectivity index is 1.71. The quantitative estimate of drug-likeness (QED) is 0.725. The van der Waals surface area contributed by atoms with E-state index in [1.54, 1.807) is 12.1 Å². The van der Waals surface area contributed by atoms with Gasteiger partial charge in [0.2, 0.25) is 5.91 Å². The number of fused-ring (bicyclic) bond motifs is 3. The Morgan fingerprint density at radius 3 is 2.57 bits per heavy atom. The van der Waals surface area contributed by atoms with E-state index in [1.807, 2.05) is 41.3 Å². The molecule has 1 unspecified atom stereocenters. The summed E-state index contributed by atoms with van der Waals surface area (Å²) in [5, 5.41) is 5.27. The minimum atomic E-state index is -0.553. The fourth-order valence-corrected chi connectivity index (χ4v) is 3.88. The number of carbonyl (C=O) groups excluding carboxylic acids is 2. The van der Waals surface area contributed by atoms with Crippen LogP contribution in [0.5, 0.6) is 0 Å². The Morgan fingerprint density at radius 2 is 1.79 bits per heavy atom.